The van der Waals surface area contributed by atoms with Gasteiger partial charge in [0.1, 0.15) is 42.2 Å². The highest BCUT2D eigenvalue weighted by atomic mass is 19.2. The van der Waals surface area contributed by atoms with Gasteiger partial charge in [0.2, 0.25) is 0 Å². The van der Waals surface area contributed by atoms with Crippen molar-refractivity contribution >= 4 is 11.0 Å². The van der Waals surface area contributed by atoms with Crippen LogP contribution in [0.4, 0.5) is 13.2 Å². The van der Waals surface area contributed by atoms with E-state index in [1.54, 1.807) is 10.6 Å². The maximum atomic E-state index is 13.8. The van der Waals surface area contributed by atoms with Gasteiger partial charge in [-0.3, -0.25) is 4.57 Å². The van der Waals surface area contributed by atoms with E-state index in [0.717, 1.165) is 33.7 Å². The van der Waals surface area contributed by atoms with E-state index in [1.807, 2.05) is 19.1 Å². The number of aliphatic hydroxyl groups excluding tert-OH is 3. The summed E-state index contributed by atoms with van der Waals surface area (Å²) in [6.07, 6.45) is -2.19. The van der Waals surface area contributed by atoms with Crippen molar-refractivity contribution in [2.75, 3.05) is 6.61 Å². The molecule has 0 aliphatic carbocycles. The van der Waals surface area contributed by atoms with E-state index in [9.17, 15) is 28.5 Å². The number of aryl methyl sites for hydroxylation is 1. The highest BCUT2D eigenvalue weighted by molar-refractivity contribution is 5.77. The van der Waals surface area contributed by atoms with Gasteiger partial charge in [-0.1, -0.05) is 5.21 Å². The molecule has 0 radical (unpaired) electrons. The molecule has 208 valence electrons. The molecular weight excluding hydrogens is 533 g/mol. The average Bonchev–Trinajstić information content (AvgIpc) is 3.67. The molecule has 1 aliphatic heterocycles. The second-order valence-corrected chi connectivity index (χ2v) is 9.50. The second-order valence-electron chi connectivity index (χ2n) is 9.50. The summed E-state index contributed by atoms with van der Waals surface area (Å²) < 4.78 is 49.9. The van der Waals surface area contributed by atoms with Gasteiger partial charge >= 0.3 is 0 Å². The maximum absolute atomic E-state index is 13.8. The number of rotatable bonds is 6. The topological polar surface area (TPSA) is 160 Å². The second kappa shape index (κ2) is 10.1. The first-order valence-corrected chi connectivity index (χ1v) is 12.3. The Morgan fingerprint density at radius 1 is 1.05 bits per heavy atom. The number of H-pyrrole nitrogens is 1. The molecule has 4 N–H and O–H groups in total. The van der Waals surface area contributed by atoms with Crippen molar-refractivity contribution in [2.45, 2.75) is 43.8 Å². The Labute approximate surface area is 223 Å². The van der Waals surface area contributed by atoms with Gasteiger partial charge in [0.15, 0.2) is 23.3 Å². The molecular formula is C25H23F3N8O4. The lowest BCUT2D eigenvalue weighted by molar-refractivity contribution is -0.205. The summed E-state index contributed by atoms with van der Waals surface area (Å²) in [6, 6.07) is 5.81. The Hall–Kier alpha value is -4.18. The van der Waals surface area contributed by atoms with Crippen molar-refractivity contribution in [3.05, 3.63) is 72.0 Å². The molecule has 1 aliphatic rings. The Kier molecular flexibility index (Phi) is 6.58. The van der Waals surface area contributed by atoms with E-state index in [-0.39, 0.29) is 30.1 Å². The predicted octanol–water partition coefficient (Wildman–Crippen LogP) is 1.91. The van der Waals surface area contributed by atoms with E-state index >= 15 is 0 Å². The van der Waals surface area contributed by atoms with Gasteiger partial charge in [-0.05, 0) is 43.7 Å². The number of aliphatic hydroxyl groups is 3. The molecule has 3 aromatic heterocycles. The normalized spacial score (nSPS) is 23.2. The van der Waals surface area contributed by atoms with Gasteiger partial charge in [0.05, 0.1) is 29.0 Å². The Balaban J connectivity index is 1.37. The molecule has 0 bridgehead atoms. The van der Waals surface area contributed by atoms with Gasteiger partial charge in [0.25, 0.3) is 0 Å². The summed E-state index contributed by atoms with van der Waals surface area (Å²) in [7, 11) is 0. The third-order valence-electron chi connectivity index (χ3n) is 6.91. The molecule has 0 unspecified atom stereocenters. The summed E-state index contributed by atoms with van der Waals surface area (Å²) >= 11 is 0. The number of hydrogen-bond acceptors (Lipinski definition) is 9. The number of imidazole rings is 1. The Morgan fingerprint density at radius 2 is 1.82 bits per heavy atom. The van der Waals surface area contributed by atoms with Crippen LogP contribution in [-0.4, -0.2) is 80.0 Å². The van der Waals surface area contributed by atoms with Gasteiger partial charge in [-0.25, -0.2) is 22.8 Å². The molecule has 2 aromatic carbocycles. The molecule has 12 nitrogen and oxygen atoms in total. The standard InChI is InChI=1S/C25H23F3N8O4/c1-11-30-16-3-2-13(8-17(16)31-11)35-10-29-33-25(35)24-23(39)21(22(38)19(40-24)4-5-37)36-9-18(32-34-36)12-6-14(26)20(28)15(27)7-12/h2-3,6-10,19,21-24,37-39H,4-5H2,1H3,(H,30,31)/t19-,21+,22+,23-,24-/m1/s1. The van der Waals surface area contributed by atoms with Gasteiger partial charge in [0, 0.05) is 12.2 Å². The minimum atomic E-state index is -1.62. The van der Waals surface area contributed by atoms with Crippen LogP contribution in [0.15, 0.2) is 42.9 Å². The smallest absolute Gasteiger partial charge is 0.194 e. The van der Waals surface area contributed by atoms with Crippen LogP contribution >= 0.6 is 0 Å². The minimum Gasteiger partial charge on any atom is -0.396 e. The fourth-order valence-electron chi connectivity index (χ4n) is 5.01. The van der Waals surface area contributed by atoms with E-state index in [4.69, 9.17) is 4.74 Å². The van der Waals surface area contributed by atoms with E-state index in [2.05, 4.69) is 30.5 Å². The average molecular weight is 557 g/mol. The fraction of sp³-hybridized carbons (Fsp3) is 0.320. The summed E-state index contributed by atoms with van der Waals surface area (Å²) in [5, 5.41) is 48.2. The monoisotopic (exact) mass is 556 g/mol. The predicted molar refractivity (Wildman–Crippen MR) is 131 cm³/mol. The third kappa shape index (κ3) is 4.42. The first-order chi connectivity index (χ1) is 19.2. The molecule has 15 heteroatoms. The number of fused-ring (bicyclic) bond motifs is 1. The lowest BCUT2D eigenvalue weighted by atomic mass is 9.90. The van der Waals surface area contributed by atoms with Crippen LogP contribution in [0.3, 0.4) is 0 Å². The van der Waals surface area contributed by atoms with Crippen molar-refractivity contribution in [1.29, 1.82) is 0 Å². The number of aromatic amines is 1. The van der Waals surface area contributed by atoms with Gasteiger partial charge < -0.3 is 25.0 Å². The lowest BCUT2D eigenvalue weighted by Gasteiger charge is -2.42. The van der Waals surface area contributed by atoms with Gasteiger partial charge in [-0.15, -0.1) is 15.3 Å². The van der Waals surface area contributed by atoms with Gasteiger partial charge in [-0.2, -0.15) is 0 Å². The summed E-state index contributed by atoms with van der Waals surface area (Å²) in [5.41, 5.74) is 2.07. The number of nitrogens with one attached hydrogen (secondary N) is 1. The minimum absolute atomic E-state index is 0.0182. The molecule has 6 rings (SSSR count). The molecule has 1 saturated heterocycles. The molecule has 1 fully saturated rings. The van der Waals surface area contributed by atoms with Crippen LogP contribution in [-0.2, 0) is 4.74 Å². The van der Waals surface area contributed by atoms with E-state index < -0.39 is 47.9 Å². The zero-order valence-electron chi connectivity index (χ0n) is 20.9. The first-order valence-electron chi connectivity index (χ1n) is 12.3. The molecule has 0 spiro atoms. The highest BCUT2D eigenvalue weighted by Crippen LogP contribution is 2.39. The zero-order valence-corrected chi connectivity index (χ0v) is 20.9. The third-order valence-corrected chi connectivity index (χ3v) is 6.91. The zero-order chi connectivity index (χ0) is 28.1. The van der Waals surface area contributed by atoms with Crippen molar-refractivity contribution in [1.82, 2.24) is 39.7 Å². The molecule has 0 saturated carbocycles. The number of nitrogens with zero attached hydrogens (tertiary/aromatic N) is 7. The number of hydrogen-bond donors (Lipinski definition) is 4. The largest absolute Gasteiger partial charge is 0.396 e. The maximum Gasteiger partial charge on any atom is 0.194 e. The van der Waals surface area contributed by atoms with Crippen LogP contribution in [0, 0.1) is 24.4 Å². The molecule has 5 aromatic rings. The Morgan fingerprint density at radius 3 is 2.58 bits per heavy atom. The first kappa shape index (κ1) is 26.1. The SMILES string of the molecule is Cc1nc2ccc(-n3cnnc3[C@@H]3O[C@H](CCO)[C@H](O)[C@H](n4cc(-c5cc(F)c(F)c(F)c5)nn4)[C@H]3O)cc2[nH]1. The molecule has 0 amide bonds. The summed E-state index contributed by atoms with van der Waals surface area (Å²) in [6.45, 7) is 1.51. The van der Waals surface area contributed by atoms with Crippen molar-refractivity contribution in [2.24, 2.45) is 0 Å². The van der Waals surface area contributed by atoms with E-state index in [0.29, 0.717) is 5.69 Å². The van der Waals surface area contributed by atoms with Crippen LogP contribution in [0.25, 0.3) is 28.0 Å². The Bertz CT molecular complexity index is 1660. The van der Waals surface area contributed by atoms with Crippen LogP contribution in [0.2, 0.25) is 0 Å². The van der Waals surface area contributed by atoms with Crippen LogP contribution in [0.5, 0.6) is 0 Å². The number of ether oxygens (including phenoxy) is 1. The summed E-state index contributed by atoms with van der Waals surface area (Å²) in [5.74, 6) is -3.47. The fourth-order valence-corrected chi connectivity index (χ4v) is 5.01. The lowest BCUT2D eigenvalue weighted by Crippen LogP contribution is -2.52. The highest BCUT2D eigenvalue weighted by Gasteiger charge is 2.48. The summed E-state index contributed by atoms with van der Waals surface area (Å²) in [4.78, 5) is 7.55. The number of aromatic nitrogens is 8. The van der Waals surface area contributed by atoms with Crippen LogP contribution in [0.1, 0.15) is 30.2 Å². The van der Waals surface area contributed by atoms with Crippen LogP contribution < -0.4 is 0 Å². The number of benzene rings is 2. The van der Waals surface area contributed by atoms with Crippen molar-refractivity contribution < 1.29 is 33.2 Å². The number of halogens is 3. The molecule has 40 heavy (non-hydrogen) atoms. The quantitative estimate of drug-likeness (QED) is 0.229. The molecule has 5 atom stereocenters. The van der Waals surface area contributed by atoms with Crippen molar-refractivity contribution in [3.8, 4) is 16.9 Å². The molecule has 4 heterocycles. The van der Waals surface area contributed by atoms with Crippen molar-refractivity contribution in [3.63, 3.8) is 0 Å². The van der Waals surface area contributed by atoms with E-state index in [1.165, 1.54) is 12.5 Å².